The maximum Gasteiger partial charge on any atom is 0.251 e. The average Bonchev–Trinajstić information content (AvgIpc) is 3.77. The molecule has 3 fully saturated rings. The normalized spacial score (nSPS) is 20.3. The largest absolute Gasteiger partial charge is 0.457 e. The van der Waals surface area contributed by atoms with Gasteiger partial charge in [-0.2, -0.15) is 0 Å². The van der Waals surface area contributed by atoms with E-state index in [1.54, 1.807) is 11.3 Å². The Bertz CT molecular complexity index is 1420. The second-order valence-electron chi connectivity index (χ2n) is 13.0. The van der Waals surface area contributed by atoms with Gasteiger partial charge in [-0.25, -0.2) is 4.98 Å². The number of nitrogens with zero attached hydrogens (tertiary/aromatic N) is 3. The molecular formula is C35H44N4O3S. The standard InChI is InChI=1S/C35H44N4O3S/c1-23(2)35-36-20-32(43-35)25-10-12-30(13-11-25)42-31-19-26(8-9-27(31)22-39-21-24(3)18-33(39)40)34(41)37-28-14-16-38(17-15-28)29-6-4-5-7-29/h8-13,19-20,23-24,28-29H,4-7,14-18,21-22H2,1-3H3,(H,37,41)/t24-/m0/s1. The fraction of sp³-hybridized carbons (Fsp3) is 0.514. The lowest BCUT2D eigenvalue weighted by Crippen LogP contribution is -2.47. The van der Waals surface area contributed by atoms with Crippen molar-refractivity contribution >= 4 is 23.2 Å². The quantitative estimate of drug-likeness (QED) is 0.281. The van der Waals surface area contributed by atoms with Crippen LogP contribution in [0.25, 0.3) is 10.4 Å². The second-order valence-corrected chi connectivity index (χ2v) is 14.0. The highest BCUT2D eigenvalue weighted by Gasteiger charge is 2.29. The average molecular weight is 601 g/mol. The lowest BCUT2D eigenvalue weighted by atomic mass is 10.0. The molecule has 3 aromatic rings. The number of amides is 2. The molecule has 2 saturated heterocycles. The molecule has 228 valence electrons. The van der Waals surface area contributed by atoms with E-state index in [2.05, 4.69) is 36.0 Å². The first-order valence-corrected chi connectivity index (χ1v) is 16.8. The van der Waals surface area contributed by atoms with Crippen molar-refractivity contribution in [3.05, 3.63) is 64.8 Å². The van der Waals surface area contributed by atoms with Crippen LogP contribution in [0, 0.1) is 5.92 Å². The molecule has 7 nitrogen and oxygen atoms in total. The molecule has 1 atom stereocenters. The molecule has 0 radical (unpaired) electrons. The minimum Gasteiger partial charge on any atom is -0.457 e. The summed E-state index contributed by atoms with van der Waals surface area (Å²) in [4.78, 5) is 36.2. The number of thiazole rings is 1. The lowest BCUT2D eigenvalue weighted by molar-refractivity contribution is -0.128. The highest BCUT2D eigenvalue weighted by molar-refractivity contribution is 7.15. The zero-order valence-corrected chi connectivity index (χ0v) is 26.5. The Morgan fingerprint density at radius 1 is 1.07 bits per heavy atom. The minimum absolute atomic E-state index is 0.0666. The highest BCUT2D eigenvalue weighted by Crippen LogP contribution is 2.34. The number of nitrogens with one attached hydrogen (secondary N) is 1. The van der Waals surface area contributed by atoms with Gasteiger partial charge in [0.25, 0.3) is 5.91 Å². The second kappa shape index (κ2) is 13.2. The summed E-state index contributed by atoms with van der Waals surface area (Å²) in [6, 6.07) is 14.6. The van der Waals surface area contributed by atoms with E-state index >= 15 is 0 Å². The van der Waals surface area contributed by atoms with Crippen LogP contribution in [0.15, 0.2) is 48.7 Å². The summed E-state index contributed by atoms with van der Waals surface area (Å²) in [5.41, 5.74) is 2.58. The summed E-state index contributed by atoms with van der Waals surface area (Å²) in [5, 5.41) is 4.41. The van der Waals surface area contributed by atoms with Crippen molar-refractivity contribution in [2.24, 2.45) is 5.92 Å². The van der Waals surface area contributed by atoms with Crippen molar-refractivity contribution in [3.8, 4) is 21.9 Å². The van der Waals surface area contributed by atoms with Crippen LogP contribution in [0.1, 0.15) is 92.6 Å². The Balaban J connectivity index is 1.17. The molecule has 6 rings (SSSR count). The molecule has 2 amide bonds. The summed E-state index contributed by atoms with van der Waals surface area (Å²) in [6.45, 7) is 9.74. The van der Waals surface area contributed by atoms with E-state index in [1.165, 1.54) is 25.7 Å². The summed E-state index contributed by atoms with van der Waals surface area (Å²) in [7, 11) is 0. The van der Waals surface area contributed by atoms with Gasteiger partial charge in [0.15, 0.2) is 0 Å². The summed E-state index contributed by atoms with van der Waals surface area (Å²) >= 11 is 1.71. The van der Waals surface area contributed by atoms with E-state index in [9.17, 15) is 9.59 Å². The molecule has 43 heavy (non-hydrogen) atoms. The van der Waals surface area contributed by atoms with E-state index in [4.69, 9.17) is 4.74 Å². The van der Waals surface area contributed by atoms with Crippen LogP contribution in [-0.2, 0) is 11.3 Å². The van der Waals surface area contributed by atoms with Gasteiger partial charge in [0.2, 0.25) is 5.91 Å². The SMILES string of the molecule is CC(C)c1ncc(-c2ccc(Oc3cc(C(=O)NC4CCN(C5CCCC5)CC4)ccc3CN3C[C@@H](C)CC3=O)cc2)s1. The van der Waals surface area contributed by atoms with Crippen LogP contribution in [-0.4, -0.2) is 58.3 Å². The number of ether oxygens (including phenoxy) is 1. The van der Waals surface area contributed by atoms with Crippen molar-refractivity contribution in [2.75, 3.05) is 19.6 Å². The van der Waals surface area contributed by atoms with E-state index in [1.807, 2.05) is 53.6 Å². The van der Waals surface area contributed by atoms with E-state index in [-0.39, 0.29) is 17.9 Å². The smallest absolute Gasteiger partial charge is 0.251 e. The fourth-order valence-electron chi connectivity index (χ4n) is 6.70. The Morgan fingerprint density at radius 3 is 2.47 bits per heavy atom. The molecule has 3 aliphatic rings. The molecule has 1 saturated carbocycles. The fourth-order valence-corrected chi connectivity index (χ4v) is 7.62. The number of hydrogen-bond donors (Lipinski definition) is 1. The van der Waals surface area contributed by atoms with Gasteiger partial charge >= 0.3 is 0 Å². The van der Waals surface area contributed by atoms with E-state index < -0.39 is 0 Å². The molecule has 2 aliphatic heterocycles. The molecule has 2 aromatic carbocycles. The highest BCUT2D eigenvalue weighted by atomic mass is 32.1. The maximum atomic E-state index is 13.4. The van der Waals surface area contributed by atoms with Gasteiger partial charge in [-0.15, -0.1) is 11.3 Å². The predicted octanol–water partition coefficient (Wildman–Crippen LogP) is 7.23. The molecular weight excluding hydrogens is 556 g/mol. The number of carbonyl (C=O) groups excluding carboxylic acids is 2. The maximum absolute atomic E-state index is 13.4. The molecule has 0 spiro atoms. The Morgan fingerprint density at radius 2 is 1.81 bits per heavy atom. The van der Waals surface area contributed by atoms with Gasteiger partial charge in [0.1, 0.15) is 11.5 Å². The van der Waals surface area contributed by atoms with Gasteiger partial charge in [0, 0.05) is 67.9 Å². The van der Waals surface area contributed by atoms with Crippen LogP contribution in [0.4, 0.5) is 0 Å². The lowest BCUT2D eigenvalue weighted by Gasteiger charge is -2.36. The third-order valence-electron chi connectivity index (χ3n) is 9.19. The molecule has 0 bridgehead atoms. The number of rotatable bonds is 9. The monoisotopic (exact) mass is 600 g/mol. The first-order chi connectivity index (χ1) is 20.8. The number of carbonyl (C=O) groups is 2. The molecule has 1 aliphatic carbocycles. The molecule has 0 unspecified atom stereocenters. The van der Waals surface area contributed by atoms with Gasteiger partial charge in [-0.05, 0) is 73.6 Å². The molecule has 1 N–H and O–H groups in total. The van der Waals surface area contributed by atoms with Crippen LogP contribution < -0.4 is 10.1 Å². The van der Waals surface area contributed by atoms with Crippen molar-refractivity contribution in [1.82, 2.24) is 20.1 Å². The minimum atomic E-state index is -0.0666. The van der Waals surface area contributed by atoms with E-state index in [0.29, 0.717) is 41.9 Å². The Kier molecular flexibility index (Phi) is 9.14. The molecule has 8 heteroatoms. The van der Waals surface area contributed by atoms with Crippen LogP contribution >= 0.6 is 11.3 Å². The zero-order chi connectivity index (χ0) is 29.9. The topological polar surface area (TPSA) is 74.8 Å². The van der Waals surface area contributed by atoms with Gasteiger partial charge in [0.05, 0.1) is 9.88 Å². The third kappa shape index (κ3) is 7.13. The summed E-state index contributed by atoms with van der Waals surface area (Å²) < 4.78 is 6.43. The van der Waals surface area contributed by atoms with Crippen LogP contribution in [0.3, 0.4) is 0 Å². The summed E-state index contributed by atoms with van der Waals surface area (Å²) in [5.74, 6) is 2.15. The number of benzene rings is 2. The molecule has 1 aromatic heterocycles. The first kappa shape index (κ1) is 29.8. The van der Waals surface area contributed by atoms with Crippen molar-refractivity contribution in [2.45, 2.75) is 90.3 Å². The molecule has 3 heterocycles. The van der Waals surface area contributed by atoms with Crippen molar-refractivity contribution < 1.29 is 14.3 Å². The van der Waals surface area contributed by atoms with Crippen LogP contribution in [0.2, 0.25) is 0 Å². The predicted molar refractivity (Wildman–Crippen MR) is 172 cm³/mol. The number of likely N-dealkylation sites (tertiary alicyclic amines) is 2. The van der Waals surface area contributed by atoms with Crippen molar-refractivity contribution in [3.63, 3.8) is 0 Å². The number of piperidine rings is 1. The Labute approximate surface area is 259 Å². The van der Waals surface area contributed by atoms with Crippen molar-refractivity contribution in [1.29, 1.82) is 0 Å². The van der Waals surface area contributed by atoms with Gasteiger partial charge in [-0.1, -0.05) is 39.7 Å². The van der Waals surface area contributed by atoms with Crippen LogP contribution in [0.5, 0.6) is 11.5 Å². The Hall–Kier alpha value is -3.23. The van der Waals surface area contributed by atoms with E-state index in [0.717, 1.165) is 59.5 Å². The zero-order valence-electron chi connectivity index (χ0n) is 25.7. The van der Waals surface area contributed by atoms with Gasteiger partial charge < -0.3 is 19.9 Å². The number of hydrogen-bond acceptors (Lipinski definition) is 6. The first-order valence-electron chi connectivity index (χ1n) is 16.0. The third-order valence-corrected chi connectivity index (χ3v) is 10.5. The number of aromatic nitrogens is 1. The summed E-state index contributed by atoms with van der Waals surface area (Å²) in [6.07, 6.45) is 9.83. The van der Waals surface area contributed by atoms with Gasteiger partial charge in [-0.3, -0.25) is 9.59 Å².